The van der Waals surface area contributed by atoms with Crippen LogP contribution in [0.3, 0.4) is 0 Å². The van der Waals surface area contributed by atoms with E-state index < -0.39 is 12.1 Å². The molecule has 0 unspecified atom stereocenters. The Kier molecular flexibility index (Phi) is 3.87. The van der Waals surface area contributed by atoms with Crippen molar-refractivity contribution in [1.29, 1.82) is 0 Å². The van der Waals surface area contributed by atoms with Gasteiger partial charge in [0.15, 0.2) is 11.6 Å². The molecule has 0 bridgehead atoms. The van der Waals surface area contributed by atoms with Crippen molar-refractivity contribution in [3.05, 3.63) is 24.3 Å². The van der Waals surface area contributed by atoms with Gasteiger partial charge in [0.1, 0.15) is 5.82 Å². The Balaban J connectivity index is 1.69. The van der Waals surface area contributed by atoms with Crippen molar-refractivity contribution >= 4 is 5.82 Å². The van der Waals surface area contributed by atoms with Crippen molar-refractivity contribution in [3.8, 4) is 17.0 Å². The minimum atomic E-state index is -4.82. The van der Waals surface area contributed by atoms with Gasteiger partial charge in [-0.25, -0.2) is 9.97 Å². The van der Waals surface area contributed by atoms with E-state index in [0.29, 0.717) is 29.1 Å². The Hall–Kier alpha value is -2.29. The van der Waals surface area contributed by atoms with E-state index in [9.17, 15) is 13.2 Å². The van der Waals surface area contributed by atoms with Gasteiger partial charge in [0.25, 0.3) is 0 Å². The summed E-state index contributed by atoms with van der Waals surface area (Å²) in [4.78, 5) is 8.50. The van der Waals surface area contributed by atoms with Crippen LogP contribution in [0.1, 0.15) is 31.6 Å². The van der Waals surface area contributed by atoms with Crippen LogP contribution in [-0.4, -0.2) is 34.0 Å². The van der Waals surface area contributed by atoms with Crippen LogP contribution in [0.4, 0.5) is 19.0 Å². The summed E-state index contributed by atoms with van der Waals surface area (Å²) >= 11 is 0. The van der Waals surface area contributed by atoms with E-state index in [-0.39, 0.29) is 11.7 Å². The van der Waals surface area contributed by atoms with E-state index in [1.165, 1.54) is 12.3 Å². The molecular weight excluding hydrogens is 347 g/mol. The second-order valence-electron chi connectivity index (χ2n) is 7.18. The van der Waals surface area contributed by atoms with Crippen LogP contribution in [0.25, 0.3) is 11.3 Å². The van der Waals surface area contributed by atoms with E-state index in [1.54, 1.807) is 0 Å². The van der Waals surface area contributed by atoms with Gasteiger partial charge in [0, 0.05) is 43.0 Å². The highest BCUT2D eigenvalue weighted by Crippen LogP contribution is 2.53. The van der Waals surface area contributed by atoms with Crippen LogP contribution >= 0.6 is 0 Å². The molecule has 0 aromatic carbocycles. The molecule has 4 rings (SSSR count). The molecule has 1 saturated carbocycles. The Labute approximate surface area is 148 Å². The summed E-state index contributed by atoms with van der Waals surface area (Å²) in [6.07, 6.45) is -1.50. The SMILES string of the molecule is CC(C)c1nc(-c2cnc(N)c(OC(F)(F)F)c2)cn1[C@@H]1[C@@H]2CNC[C@@H]21. The molecule has 2 aromatic rings. The van der Waals surface area contributed by atoms with Crippen molar-refractivity contribution in [1.82, 2.24) is 19.9 Å². The smallest absolute Gasteiger partial charge is 0.402 e. The number of alkyl halides is 3. The van der Waals surface area contributed by atoms with Crippen LogP contribution in [0.15, 0.2) is 18.5 Å². The second-order valence-corrected chi connectivity index (χ2v) is 7.18. The predicted molar refractivity (Wildman–Crippen MR) is 89.5 cm³/mol. The van der Waals surface area contributed by atoms with Gasteiger partial charge in [-0.2, -0.15) is 0 Å². The van der Waals surface area contributed by atoms with Gasteiger partial charge in [-0.3, -0.25) is 0 Å². The zero-order chi connectivity index (χ0) is 18.6. The second kappa shape index (κ2) is 5.87. The molecule has 3 atom stereocenters. The van der Waals surface area contributed by atoms with Crippen molar-refractivity contribution in [2.75, 3.05) is 18.8 Å². The van der Waals surface area contributed by atoms with Crippen LogP contribution in [-0.2, 0) is 0 Å². The molecule has 1 saturated heterocycles. The molecule has 9 heteroatoms. The quantitative estimate of drug-likeness (QED) is 0.869. The number of fused-ring (bicyclic) bond motifs is 1. The Morgan fingerprint density at radius 2 is 2.00 bits per heavy atom. The molecule has 0 radical (unpaired) electrons. The zero-order valence-electron chi connectivity index (χ0n) is 14.4. The first-order valence-electron chi connectivity index (χ1n) is 8.55. The fourth-order valence-electron chi connectivity index (χ4n) is 3.81. The highest BCUT2D eigenvalue weighted by molar-refractivity contribution is 5.64. The maximum absolute atomic E-state index is 12.5. The van der Waals surface area contributed by atoms with Crippen molar-refractivity contribution < 1.29 is 17.9 Å². The summed E-state index contributed by atoms with van der Waals surface area (Å²) in [6.45, 7) is 6.09. The van der Waals surface area contributed by atoms with E-state index >= 15 is 0 Å². The fourth-order valence-corrected chi connectivity index (χ4v) is 3.81. The minimum absolute atomic E-state index is 0.200. The fraction of sp³-hybridized carbons (Fsp3) is 0.529. The van der Waals surface area contributed by atoms with Gasteiger partial charge in [-0.1, -0.05) is 13.8 Å². The summed E-state index contributed by atoms with van der Waals surface area (Å²) in [5, 5.41) is 3.36. The molecular formula is C17H20F3N5O. The predicted octanol–water partition coefficient (Wildman–Crippen LogP) is 2.94. The Bertz CT molecular complexity index is 822. The summed E-state index contributed by atoms with van der Waals surface area (Å²) in [5.74, 6) is 1.51. The monoisotopic (exact) mass is 367 g/mol. The largest absolute Gasteiger partial charge is 0.573 e. The van der Waals surface area contributed by atoms with E-state index in [0.717, 1.165) is 18.9 Å². The summed E-state index contributed by atoms with van der Waals surface area (Å²) in [7, 11) is 0. The first kappa shape index (κ1) is 17.1. The van der Waals surface area contributed by atoms with Gasteiger partial charge in [0.2, 0.25) is 0 Å². The molecule has 2 aromatic heterocycles. The number of pyridine rings is 1. The minimum Gasteiger partial charge on any atom is -0.402 e. The molecule has 3 N–H and O–H groups in total. The summed E-state index contributed by atoms with van der Waals surface area (Å²) in [6, 6.07) is 1.64. The number of hydrogen-bond acceptors (Lipinski definition) is 5. The number of imidazole rings is 1. The molecule has 0 amide bonds. The van der Waals surface area contributed by atoms with Gasteiger partial charge in [-0.15, -0.1) is 13.2 Å². The van der Waals surface area contributed by atoms with Crippen molar-refractivity contribution in [3.63, 3.8) is 0 Å². The third-order valence-corrected chi connectivity index (χ3v) is 5.05. The number of aromatic nitrogens is 3. The molecule has 2 aliphatic rings. The third kappa shape index (κ3) is 3.00. The van der Waals surface area contributed by atoms with Gasteiger partial charge in [0.05, 0.1) is 5.69 Å². The topological polar surface area (TPSA) is 78.0 Å². The maximum Gasteiger partial charge on any atom is 0.573 e. The number of rotatable bonds is 4. The molecule has 0 spiro atoms. The van der Waals surface area contributed by atoms with E-state index in [4.69, 9.17) is 5.73 Å². The number of halogens is 3. The maximum atomic E-state index is 12.5. The van der Waals surface area contributed by atoms with Crippen molar-refractivity contribution in [2.24, 2.45) is 11.8 Å². The van der Waals surface area contributed by atoms with Crippen LogP contribution in [0, 0.1) is 11.8 Å². The number of nitrogens with zero attached hydrogens (tertiary/aromatic N) is 3. The van der Waals surface area contributed by atoms with Crippen LogP contribution in [0.2, 0.25) is 0 Å². The van der Waals surface area contributed by atoms with Crippen LogP contribution < -0.4 is 15.8 Å². The lowest BCUT2D eigenvalue weighted by Gasteiger charge is -2.12. The van der Waals surface area contributed by atoms with E-state index in [1.807, 2.05) is 6.20 Å². The highest BCUT2D eigenvalue weighted by atomic mass is 19.4. The standard InChI is InChI=1S/C17H20F3N5O/c1-8(2)16-24-12(7-25(16)14-10-5-22-6-11(10)14)9-3-13(15(21)23-4-9)26-17(18,19)20/h3-4,7-8,10-11,14,22H,5-6H2,1-2H3,(H2,21,23)/t10-,11+,14-. The third-order valence-electron chi connectivity index (χ3n) is 5.05. The molecule has 140 valence electrons. The molecule has 2 fully saturated rings. The lowest BCUT2D eigenvalue weighted by atomic mass is 10.2. The average Bonchev–Trinajstić information content (AvgIpc) is 2.92. The normalized spacial score (nSPS) is 24.8. The first-order chi connectivity index (χ1) is 12.2. The molecule has 1 aliphatic heterocycles. The summed E-state index contributed by atoms with van der Waals surface area (Å²) < 4.78 is 43.8. The van der Waals surface area contributed by atoms with Crippen molar-refractivity contribution in [2.45, 2.75) is 32.2 Å². The lowest BCUT2D eigenvalue weighted by Crippen LogP contribution is -2.18. The average molecular weight is 367 g/mol. The van der Waals surface area contributed by atoms with Crippen LogP contribution in [0.5, 0.6) is 5.75 Å². The number of anilines is 1. The first-order valence-corrected chi connectivity index (χ1v) is 8.55. The van der Waals surface area contributed by atoms with Gasteiger partial charge < -0.3 is 20.4 Å². The summed E-state index contributed by atoms with van der Waals surface area (Å²) in [5.41, 5.74) is 6.53. The van der Waals surface area contributed by atoms with Gasteiger partial charge in [-0.05, 0) is 17.9 Å². The number of nitrogens with one attached hydrogen (secondary N) is 1. The molecule has 26 heavy (non-hydrogen) atoms. The molecule has 1 aliphatic carbocycles. The molecule has 6 nitrogen and oxygen atoms in total. The molecule has 3 heterocycles. The van der Waals surface area contributed by atoms with E-state index in [2.05, 4.69) is 38.4 Å². The lowest BCUT2D eigenvalue weighted by molar-refractivity contribution is -0.274. The van der Waals surface area contributed by atoms with Gasteiger partial charge >= 0.3 is 6.36 Å². The number of nitrogen functional groups attached to an aromatic ring is 1. The number of piperidine rings is 1. The Morgan fingerprint density at radius 1 is 1.31 bits per heavy atom. The zero-order valence-corrected chi connectivity index (χ0v) is 14.4. The highest BCUT2D eigenvalue weighted by Gasteiger charge is 2.54. The number of ether oxygens (including phenoxy) is 1. The number of hydrogen-bond donors (Lipinski definition) is 2. The Morgan fingerprint density at radius 3 is 2.62 bits per heavy atom. The number of nitrogens with two attached hydrogens (primary N) is 1.